The van der Waals surface area contributed by atoms with Crippen molar-refractivity contribution in [2.24, 2.45) is 5.92 Å². The normalized spacial score (nSPS) is 43.0. The molecule has 0 unspecified atom stereocenters. The summed E-state index contributed by atoms with van der Waals surface area (Å²) in [5.74, 6) is 0.0674. The van der Waals surface area contributed by atoms with Crippen molar-refractivity contribution >= 4 is 0 Å². The number of aliphatic hydroxyl groups excluding tert-OH is 2. The van der Waals surface area contributed by atoms with Gasteiger partial charge in [0, 0.05) is 13.0 Å². The molecule has 0 aromatic carbocycles. The summed E-state index contributed by atoms with van der Waals surface area (Å²) in [5, 5.41) is 18.2. The first-order valence-electron chi connectivity index (χ1n) is 4.16. The van der Waals surface area contributed by atoms with E-state index in [1.807, 2.05) is 6.92 Å². The Morgan fingerprint density at radius 1 is 1.58 bits per heavy atom. The molecule has 0 bridgehead atoms. The van der Waals surface area contributed by atoms with E-state index in [2.05, 4.69) is 0 Å². The third-order valence-corrected chi connectivity index (χ3v) is 2.30. The van der Waals surface area contributed by atoms with E-state index in [1.54, 1.807) is 7.11 Å². The largest absolute Gasteiger partial charge is 0.394 e. The van der Waals surface area contributed by atoms with Crippen molar-refractivity contribution in [2.75, 3.05) is 13.7 Å². The Hall–Kier alpha value is -0.160. The molecule has 0 aromatic heterocycles. The molecule has 1 aliphatic rings. The monoisotopic (exact) mass is 176 g/mol. The van der Waals surface area contributed by atoms with Crippen molar-refractivity contribution in [3.05, 3.63) is 0 Å². The Kier molecular flexibility index (Phi) is 3.46. The summed E-state index contributed by atoms with van der Waals surface area (Å²) in [6, 6.07) is 0. The van der Waals surface area contributed by atoms with Crippen LogP contribution in [0.1, 0.15) is 13.3 Å². The number of methoxy groups -OCH3 is 1. The molecule has 1 saturated heterocycles. The standard InChI is InChI=1S/C8H16O4/c1-5-3-6(11-2)7(4-9)12-8(5)10/h5-10H,3-4H2,1-2H3/t5-,6+,7-,8+/m1/s1. The van der Waals surface area contributed by atoms with Crippen LogP contribution < -0.4 is 0 Å². The molecular weight excluding hydrogens is 160 g/mol. The quantitative estimate of drug-likeness (QED) is 0.608. The van der Waals surface area contributed by atoms with E-state index in [0.29, 0.717) is 0 Å². The molecule has 4 nitrogen and oxygen atoms in total. The van der Waals surface area contributed by atoms with Gasteiger partial charge in [0.2, 0.25) is 0 Å². The highest BCUT2D eigenvalue weighted by Gasteiger charge is 2.34. The molecular formula is C8H16O4. The Morgan fingerprint density at radius 3 is 2.75 bits per heavy atom. The lowest BCUT2D eigenvalue weighted by Crippen LogP contribution is -2.46. The zero-order valence-corrected chi connectivity index (χ0v) is 7.43. The van der Waals surface area contributed by atoms with Gasteiger partial charge in [-0.2, -0.15) is 0 Å². The topological polar surface area (TPSA) is 58.9 Å². The first-order valence-corrected chi connectivity index (χ1v) is 4.16. The third kappa shape index (κ3) is 1.95. The van der Waals surface area contributed by atoms with Gasteiger partial charge in [-0.15, -0.1) is 0 Å². The number of rotatable bonds is 2. The maximum Gasteiger partial charge on any atom is 0.157 e. The zero-order valence-electron chi connectivity index (χ0n) is 7.43. The van der Waals surface area contributed by atoms with Crippen molar-refractivity contribution in [2.45, 2.75) is 31.8 Å². The van der Waals surface area contributed by atoms with Gasteiger partial charge >= 0.3 is 0 Å². The first-order chi connectivity index (χ1) is 5.69. The van der Waals surface area contributed by atoms with E-state index in [4.69, 9.17) is 14.6 Å². The Balaban J connectivity index is 2.52. The SMILES string of the molecule is CO[C@H]1C[C@@H](C)[C@@H](O)O[C@@H]1CO. The minimum Gasteiger partial charge on any atom is -0.394 e. The summed E-state index contributed by atoms with van der Waals surface area (Å²) >= 11 is 0. The van der Waals surface area contributed by atoms with Crippen LogP contribution >= 0.6 is 0 Å². The number of hydrogen-bond donors (Lipinski definition) is 2. The lowest BCUT2D eigenvalue weighted by atomic mass is 9.96. The predicted octanol–water partition coefficient (Wildman–Crippen LogP) is -0.263. The van der Waals surface area contributed by atoms with Gasteiger partial charge in [-0.25, -0.2) is 0 Å². The summed E-state index contributed by atoms with van der Waals surface area (Å²) in [6.07, 6.45) is -0.536. The van der Waals surface area contributed by atoms with Gasteiger partial charge in [-0.3, -0.25) is 0 Å². The second-order valence-corrected chi connectivity index (χ2v) is 3.23. The van der Waals surface area contributed by atoms with Gasteiger partial charge in [0.25, 0.3) is 0 Å². The minimum absolute atomic E-state index is 0.0674. The van der Waals surface area contributed by atoms with E-state index in [1.165, 1.54) is 0 Å². The molecule has 0 radical (unpaired) electrons. The predicted molar refractivity (Wildman–Crippen MR) is 42.5 cm³/mol. The van der Waals surface area contributed by atoms with Gasteiger partial charge < -0.3 is 19.7 Å². The van der Waals surface area contributed by atoms with Gasteiger partial charge in [0.05, 0.1) is 12.7 Å². The molecule has 0 saturated carbocycles. The van der Waals surface area contributed by atoms with Gasteiger partial charge in [-0.1, -0.05) is 6.92 Å². The molecule has 72 valence electrons. The smallest absolute Gasteiger partial charge is 0.157 e. The molecule has 1 aliphatic heterocycles. The summed E-state index contributed by atoms with van der Waals surface area (Å²) in [4.78, 5) is 0. The summed E-state index contributed by atoms with van der Waals surface area (Å²) in [5.41, 5.74) is 0. The van der Waals surface area contributed by atoms with Crippen LogP contribution in [0.2, 0.25) is 0 Å². The Morgan fingerprint density at radius 2 is 2.25 bits per heavy atom. The highest BCUT2D eigenvalue weighted by molar-refractivity contribution is 4.79. The molecule has 2 N–H and O–H groups in total. The van der Waals surface area contributed by atoms with Crippen molar-refractivity contribution < 1.29 is 19.7 Å². The Bertz CT molecular complexity index is 123. The number of ether oxygens (including phenoxy) is 2. The van der Waals surface area contributed by atoms with Gasteiger partial charge in [0.1, 0.15) is 6.10 Å². The van der Waals surface area contributed by atoms with Crippen LogP contribution in [0.15, 0.2) is 0 Å². The Labute approximate surface area is 72.1 Å². The highest BCUT2D eigenvalue weighted by atomic mass is 16.6. The van der Waals surface area contributed by atoms with E-state index in [9.17, 15) is 5.11 Å². The van der Waals surface area contributed by atoms with Crippen LogP contribution in [0.4, 0.5) is 0 Å². The van der Waals surface area contributed by atoms with Crippen LogP contribution in [-0.4, -0.2) is 42.4 Å². The summed E-state index contributed by atoms with van der Waals surface area (Å²) < 4.78 is 10.2. The summed E-state index contributed by atoms with van der Waals surface area (Å²) in [7, 11) is 1.58. The first kappa shape index (κ1) is 9.92. The lowest BCUT2D eigenvalue weighted by Gasteiger charge is -2.36. The summed E-state index contributed by atoms with van der Waals surface area (Å²) in [6.45, 7) is 1.78. The molecule has 0 spiro atoms. The van der Waals surface area contributed by atoms with Crippen LogP contribution in [-0.2, 0) is 9.47 Å². The fourth-order valence-electron chi connectivity index (χ4n) is 1.44. The second-order valence-electron chi connectivity index (χ2n) is 3.23. The van der Waals surface area contributed by atoms with E-state index in [0.717, 1.165) is 6.42 Å². The highest BCUT2D eigenvalue weighted by Crippen LogP contribution is 2.25. The molecule has 0 aliphatic carbocycles. The molecule has 4 heteroatoms. The average Bonchev–Trinajstić information content (AvgIpc) is 2.09. The van der Waals surface area contributed by atoms with Crippen molar-refractivity contribution in [3.63, 3.8) is 0 Å². The lowest BCUT2D eigenvalue weighted by molar-refractivity contribution is -0.235. The maximum absolute atomic E-state index is 9.30. The van der Waals surface area contributed by atoms with Crippen molar-refractivity contribution in [1.82, 2.24) is 0 Å². The molecule has 1 fully saturated rings. The average molecular weight is 176 g/mol. The molecule has 0 amide bonds. The second kappa shape index (κ2) is 4.18. The van der Waals surface area contributed by atoms with Crippen LogP contribution in [0.25, 0.3) is 0 Å². The molecule has 0 aromatic rings. The molecule has 12 heavy (non-hydrogen) atoms. The maximum atomic E-state index is 9.30. The zero-order chi connectivity index (χ0) is 9.14. The molecule has 4 atom stereocenters. The van der Waals surface area contributed by atoms with E-state index in [-0.39, 0.29) is 24.7 Å². The fraction of sp³-hybridized carbons (Fsp3) is 1.00. The van der Waals surface area contributed by atoms with Crippen LogP contribution in [0.3, 0.4) is 0 Å². The van der Waals surface area contributed by atoms with E-state index < -0.39 is 6.29 Å². The number of aliphatic hydroxyl groups is 2. The van der Waals surface area contributed by atoms with Crippen LogP contribution in [0, 0.1) is 5.92 Å². The third-order valence-electron chi connectivity index (χ3n) is 2.30. The molecule has 1 heterocycles. The number of hydrogen-bond acceptors (Lipinski definition) is 4. The van der Waals surface area contributed by atoms with E-state index >= 15 is 0 Å². The van der Waals surface area contributed by atoms with Gasteiger partial charge in [-0.05, 0) is 6.42 Å². The fourth-order valence-corrected chi connectivity index (χ4v) is 1.44. The van der Waals surface area contributed by atoms with Crippen LogP contribution in [0.5, 0.6) is 0 Å². The van der Waals surface area contributed by atoms with Gasteiger partial charge in [0.15, 0.2) is 6.29 Å². The molecule has 1 rings (SSSR count). The van der Waals surface area contributed by atoms with Crippen molar-refractivity contribution in [1.29, 1.82) is 0 Å². The minimum atomic E-state index is -0.770. The van der Waals surface area contributed by atoms with Crippen molar-refractivity contribution in [3.8, 4) is 0 Å².